The maximum atomic E-state index is 13.8. The molecule has 0 amide bonds. The number of hydrogen-bond donors (Lipinski definition) is 0. The van der Waals surface area contributed by atoms with E-state index in [0.717, 1.165) is 24.0 Å². The Labute approximate surface area is 98.9 Å². The molecule has 16 heavy (non-hydrogen) atoms. The molecule has 0 spiro atoms. The monoisotopic (exact) mass is 222 g/mol. The van der Waals surface area contributed by atoms with E-state index in [-0.39, 0.29) is 11.2 Å². The zero-order valence-electron chi connectivity index (χ0n) is 11.1. The van der Waals surface area contributed by atoms with Crippen molar-refractivity contribution in [1.29, 1.82) is 0 Å². The SMILES string of the molecule is CC(C)c1ccc(CCC(C)(C)C)c(F)c1. The molecule has 0 aromatic heterocycles. The van der Waals surface area contributed by atoms with Crippen molar-refractivity contribution in [1.82, 2.24) is 0 Å². The van der Waals surface area contributed by atoms with Crippen LogP contribution in [0.15, 0.2) is 18.2 Å². The molecule has 0 unspecified atom stereocenters. The molecule has 0 aliphatic rings. The maximum absolute atomic E-state index is 13.8. The van der Waals surface area contributed by atoms with Crippen LogP contribution in [0, 0.1) is 11.2 Å². The molecule has 1 heteroatoms. The highest BCUT2D eigenvalue weighted by Crippen LogP contribution is 2.24. The second-order valence-corrected chi connectivity index (χ2v) is 6.07. The first-order chi connectivity index (χ1) is 7.29. The van der Waals surface area contributed by atoms with Crippen LogP contribution in [0.5, 0.6) is 0 Å². The van der Waals surface area contributed by atoms with E-state index in [1.54, 1.807) is 6.07 Å². The standard InChI is InChI=1S/C15H23F/c1-11(2)13-7-6-12(14(16)10-13)8-9-15(3,4)5/h6-7,10-11H,8-9H2,1-5H3. The van der Waals surface area contributed by atoms with Crippen molar-refractivity contribution < 1.29 is 4.39 Å². The zero-order chi connectivity index (χ0) is 12.3. The first kappa shape index (κ1) is 13.2. The second kappa shape index (κ2) is 4.99. The highest BCUT2D eigenvalue weighted by atomic mass is 19.1. The molecule has 0 radical (unpaired) electrons. The van der Waals surface area contributed by atoms with E-state index >= 15 is 0 Å². The fourth-order valence-corrected chi connectivity index (χ4v) is 1.64. The summed E-state index contributed by atoms with van der Waals surface area (Å²) in [4.78, 5) is 0. The van der Waals surface area contributed by atoms with E-state index in [1.165, 1.54) is 0 Å². The van der Waals surface area contributed by atoms with Crippen LogP contribution in [0.1, 0.15) is 58.1 Å². The quantitative estimate of drug-likeness (QED) is 0.680. The van der Waals surface area contributed by atoms with Gasteiger partial charge in [-0.3, -0.25) is 0 Å². The summed E-state index contributed by atoms with van der Waals surface area (Å²) in [5, 5.41) is 0. The van der Waals surface area contributed by atoms with Gasteiger partial charge in [-0.05, 0) is 41.4 Å². The van der Waals surface area contributed by atoms with E-state index in [4.69, 9.17) is 0 Å². The largest absolute Gasteiger partial charge is 0.207 e. The highest BCUT2D eigenvalue weighted by molar-refractivity contribution is 5.26. The van der Waals surface area contributed by atoms with Crippen LogP contribution in [0.25, 0.3) is 0 Å². The van der Waals surface area contributed by atoms with E-state index in [1.807, 2.05) is 12.1 Å². The third-order valence-corrected chi connectivity index (χ3v) is 2.89. The van der Waals surface area contributed by atoms with Crippen LogP contribution in [-0.4, -0.2) is 0 Å². The number of benzene rings is 1. The summed E-state index contributed by atoms with van der Waals surface area (Å²) in [6, 6.07) is 5.67. The molecule has 1 aromatic rings. The molecule has 0 atom stereocenters. The fourth-order valence-electron chi connectivity index (χ4n) is 1.64. The van der Waals surface area contributed by atoms with Crippen molar-refractivity contribution in [2.24, 2.45) is 5.41 Å². The van der Waals surface area contributed by atoms with Crippen molar-refractivity contribution in [3.63, 3.8) is 0 Å². The van der Waals surface area contributed by atoms with Crippen molar-refractivity contribution in [3.05, 3.63) is 35.1 Å². The number of hydrogen-bond acceptors (Lipinski definition) is 0. The summed E-state index contributed by atoms with van der Waals surface area (Å²) in [6.45, 7) is 10.7. The summed E-state index contributed by atoms with van der Waals surface area (Å²) in [5.74, 6) is 0.349. The van der Waals surface area contributed by atoms with Crippen LogP contribution >= 0.6 is 0 Å². The van der Waals surface area contributed by atoms with Gasteiger partial charge in [-0.15, -0.1) is 0 Å². The van der Waals surface area contributed by atoms with Gasteiger partial charge in [0.1, 0.15) is 5.82 Å². The number of aryl methyl sites for hydroxylation is 1. The minimum atomic E-state index is -0.0459. The van der Waals surface area contributed by atoms with Crippen molar-refractivity contribution in [2.45, 2.75) is 53.4 Å². The summed E-state index contributed by atoms with van der Waals surface area (Å²) >= 11 is 0. The van der Waals surface area contributed by atoms with Crippen LogP contribution in [0.4, 0.5) is 4.39 Å². The zero-order valence-corrected chi connectivity index (χ0v) is 11.1. The Bertz CT molecular complexity index is 345. The lowest BCUT2D eigenvalue weighted by Gasteiger charge is -2.18. The highest BCUT2D eigenvalue weighted by Gasteiger charge is 2.12. The molecular formula is C15H23F. The third kappa shape index (κ3) is 3.96. The van der Waals surface area contributed by atoms with Crippen LogP contribution in [0.2, 0.25) is 0 Å². The lowest BCUT2D eigenvalue weighted by molar-refractivity contribution is 0.375. The first-order valence-corrected chi connectivity index (χ1v) is 6.08. The average molecular weight is 222 g/mol. The first-order valence-electron chi connectivity index (χ1n) is 6.08. The fraction of sp³-hybridized carbons (Fsp3) is 0.600. The molecule has 0 nitrogen and oxygen atoms in total. The van der Waals surface area contributed by atoms with Gasteiger partial charge in [-0.2, -0.15) is 0 Å². The van der Waals surface area contributed by atoms with Crippen LogP contribution in [0.3, 0.4) is 0 Å². The Hall–Kier alpha value is -0.850. The molecule has 0 fully saturated rings. The maximum Gasteiger partial charge on any atom is 0.126 e. The number of rotatable bonds is 3. The molecule has 90 valence electrons. The number of halogens is 1. The predicted octanol–water partition coefficient (Wildman–Crippen LogP) is 4.93. The van der Waals surface area contributed by atoms with Gasteiger partial charge >= 0.3 is 0 Å². The van der Waals surface area contributed by atoms with Crippen LogP contribution < -0.4 is 0 Å². The molecule has 0 heterocycles. The van der Waals surface area contributed by atoms with Gasteiger partial charge in [-0.25, -0.2) is 4.39 Å². The normalized spacial score (nSPS) is 12.2. The van der Waals surface area contributed by atoms with Crippen LogP contribution in [-0.2, 0) is 6.42 Å². The van der Waals surface area contributed by atoms with Gasteiger partial charge in [0.15, 0.2) is 0 Å². The molecule has 0 N–H and O–H groups in total. The predicted molar refractivity (Wildman–Crippen MR) is 68.3 cm³/mol. The Morgan fingerprint density at radius 3 is 2.25 bits per heavy atom. The Balaban J connectivity index is 2.76. The van der Waals surface area contributed by atoms with E-state index in [2.05, 4.69) is 34.6 Å². The summed E-state index contributed by atoms with van der Waals surface area (Å²) in [5.41, 5.74) is 2.19. The summed E-state index contributed by atoms with van der Waals surface area (Å²) in [6.07, 6.45) is 1.85. The van der Waals surface area contributed by atoms with E-state index < -0.39 is 0 Å². The summed E-state index contributed by atoms with van der Waals surface area (Å²) in [7, 11) is 0. The van der Waals surface area contributed by atoms with Gasteiger partial charge in [-0.1, -0.05) is 46.8 Å². The van der Waals surface area contributed by atoms with Gasteiger partial charge in [0.05, 0.1) is 0 Å². The lowest BCUT2D eigenvalue weighted by Crippen LogP contribution is -2.07. The smallest absolute Gasteiger partial charge is 0.126 e. The Kier molecular flexibility index (Phi) is 4.12. The minimum absolute atomic E-state index is 0.0459. The molecule has 1 aromatic carbocycles. The molecule has 0 aliphatic heterocycles. The summed E-state index contributed by atoms with van der Waals surface area (Å²) < 4.78 is 13.8. The lowest BCUT2D eigenvalue weighted by atomic mass is 9.88. The minimum Gasteiger partial charge on any atom is -0.207 e. The van der Waals surface area contributed by atoms with Crippen molar-refractivity contribution in [3.8, 4) is 0 Å². The molecule has 1 rings (SSSR count). The van der Waals surface area contributed by atoms with Crippen molar-refractivity contribution in [2.75, 3.05) is 0 Å². The van der Waals surface area contributed by atoms with Gasteiger partial charge in [0.2, 0.25) is 0 Å². The topological polar surface area (TPSA) is 0 Å². The third-order valence-electron chi connectivity index (χ3n) is 2.89. The van der Waals surface area contributed by atoms with Gasteiger partial charge < -0.3 is 0 Å². The molecule has 0 bridgehead atoms. The molecule has 0 saturated carbocycles. The molecule has 0 aliphatic carbocycles. The Morgan fingerprint density at radius 2 is 1.81 bits per heavy atom. The van der Waals surface area contributed by atoms with E-state index in [0.29, 0.717) is 5.92 Å². The second-order valence-electron chi connectivity index (χ2n) is 6.07. The Morgan fingerprint density at radius 1 is 1.19 bits per heavy atom. The van der Waals surface area contributed by atoms with E-state index in [9.17, 15) is 4.39 Å². The van der Waals surface area contributed by atoms with Gasteiger partial charge in [0.25, 0.3) is 0 Å². The molecule has 0 saturated heterocycles. The molecular weight excluding hydrogens is 199 g/mol. The van der Waals surface area contributed by atoms with Gasteiger partial charge in [0, 0.05) is 0 Å². The van der Waals surface area contributed by atoms with Crippen molar-refractivity contribution >= 4 is 0 Å². The average Bonchev–Trinajstić information content (AvgIpc) is 2.14.